The number of nitrogens with one attached hydrogen (secondary N) is 1. The highest BCUT2D eigenvalue weighted by molar-refractivity contribution is 9.10. The van der Waals surface area contributed by atoms with Crippen molar-refractivity contribution in [3.05, 3.63) is 33.5 Å². The third-order valence-corrected chi connectivity index (χ3v) is 3.47. The van der Waals surface area contributed by atoms with Crippen LogP contribution in [0.3, 0.4) is 0 Å². The second-order valence-electron chi connectivity index (χ2n) is 3.68. The van der Waals surface area contributed by atoms with E-state index in [1.807, 2.05) is 6.07 Å². The van der Waals surface area contributed by atoms with Gasteiger partial charge in [-0.05, 0) is 34.1 Å². The SMILES string of the molecule is COc1ccc(-c2nc(Br)c(CCO)[nH]2)cc1Cl. The van der Waals surface area contributed by atoms with Gasteiger partial charge in [-0.3, -0.25) is 0 Å². The zero-order chi connectivity index (χ0) is 13.1. The lowest BCUT2D eigenvalue weighted by Crippen LogP contribution is -1.91. The highest BCUT2D eigenvalue weighted by Gasteiger charge is 2.10. The van der Waals surface area contributed by atoms with Gasteiger partial charge < -0.3 is 14.8 Å². The molecule has 0 radical (unpaired) electrons. The van der Waals surface area contributed by atoms with Gasteiger partial charge in [-0.1, -0.05) is 11.6 Å². The number of aromatic amines is 1. The topological polar surface area (TPSA) is 58.1 Å². The Morgan fingerprint density at radius 1 is 1.50 bits per heavy atom. The van der Waals surface area contributed by atoms with Crippen molar-refractivity contribution in [2.75, 3.05) is 13.7 Å². The highest BCUT2D eigenvalue weighted by Crippen LogP contribution is 2.30. The molecular weight excluding hydrogens is 320 g/mol. The molecular formula is C12H12BrClN2O2. The van der Waals surface area contributed by atoms with Crippen LogP contribution in [-0.2, 0) is 6.42 Å². The van der Waals surface area contributed by atoms with Gasteiger partial charge in [0.15, 0.2) is 0 Å². The summed E-state index contributed by atoms with van der Waals surface area (Å²) in [6.07, 6.45) is 0.525. The molecule has 0 fully saturated rings. The van der Waals surface area contributed by atoms with E-state index in [0.717, 1.165) is 11.3 Å². The van der Waals surface area contributed by atoms with Gasteiger partial charge in [-0.25, -0.2) is 4.98 Å². The first-order valence-electron chi connectivity index (χ1n) is 5.35. The lowest BCUT2D eigenvalue weighted by atomic mass is 10.2. The molecule has 18 heavy (non-hydrogen) atoms. The fourth-order valence-corrected chi connectivity index (χ4v) is 2.35. The number of benzene rings is 1. The predicted octanol–water partition coefficient (Wildman–Crippen LogP) is 3.04. The van der Waals surface area contributed by atoms with Crippen molar-refractivity contribution >= 4 is 27.5 Å². The molecule has 2 rings (SSSR count). The smallest absolute Gasteiger partial charge is 0.138 e. The summed E-state index contributed by atoms with van der Waals surface area (Å²) < 4.78 is 5.81. The molecule has 1 aromatic heterocycles. The summed E-state index contributed by atoms with van der Waals surface area (Å²) in [4.78, 5) is 7.49. The van der Waals surface area contributed by atoms with Gasteiger partial charge in [0.05, 0.1) is 17.8 Å². The van der Waals surface area contributed by atoms with Crippen LogP contribution in [0.5, 0.6) is 5.75 Å². The number of rotatable bonds is 4. The van der Waals surface area contributed by atoms with E-state index in [0.29, 0.717) is 27.6 Å². The average molecular weight is 332 g/mol. The number of hydrogen-bond acceptors (Lipinski definition) is 3. The van der Waals surface area contributed by atoms with Gasteiger partial charge >= 0.3 is 0 Å². The molecule has 0 atom stereocenters. The van der Waals surface area contributed by atoms with E-state index in [9.17, 15) is 0 Å². The summed E-state index contributed by atoms with van der Waals surface area (Å²) in [5, 5.41) is 9.46. The van der Waals surface area contributed by atoms with E-state index in [2.05, 4.69) is 25.9 Å². The Balaban J connectivity index is 2.36. The molecule has 1 heterocycles. The van der Waals surface area contributed by atoms with Crippen molar-refractivity contribution in [2.45, 2.75) is 6.42 Å². The van der Waals surface area contributed by atoms with Crippen LogP contribution in [-0.4, -0.2) is 28.8 Å². The average Bonchev–Trinajstić information content (AvgIpc) is 2.71. The van der Waals surface area contributed by atoms with Crippen molar-refractivity contribution in [1.29, 1.82) is 0 Å². The third kappa shape index (κ3) is 2.68. The second kappa shape index (κ2) is 5.73. The minimum Gasteiger partial charge on any atom is -0.495 e. The number of hydrogen-bond donors (Lipinski definition) is 2. The van der Waals surface area contributed by atoms with Crippen molar-refractivity contribution in [3.8, 4) is 17.1 Å². The van der Waals surface area contributed by atoms with Crippen LogP contribution in [0.25, 0.3) is 11.4 Å². The lowest BCUT2D eigenvalue weighted by Gasteiger charge is -2.04. The molecule has 0 saturated heterocycles. The summed E-state index contributed by atoms with van der Waals surface area (Å²) in [7, 11) is 1.57. The Hall–Kier alpha value is -1.04. The number of methoxy groups -OCH3 is 1. The van der Waals surface area contributed by atoms with Crippen molar-refractivity contribution in [2.24, 2.45) is 0 Å². The summed E-state index contributed by atoms with van der Waals surface area (Å²) in [6.45, 7) is 0.0730. The van der Waals surface area contributed by atoms with Crippen LogP contribution < -0.4 is 4.74 Å². The zero-order valence-corrected chi connectivity index (χ0v) is 12.0. The van der Waals surface area contributed by atoms with Crippen molar-refractivity contribution < 1.29 is 9.84 Å². The van der Waals surface area contributed by atoms with Gasteiger partial charge in [0, 0.05) is 18.6 Å². The van der Waals surface area contributed by atoms with Crippen LogP contribution in [0.15, 0.2) is 22.8 Å². The number of halogens is 2. The molecule has 0 saturated carbocycles. The van der Waals surface area contributed by atoms with Crippen LogP contribution in [0.2, 0.25) is 5.02 Å². The molecule has 0 aliphatic rings. The molecule has 0 amide bonds. The molecule has 0 unspecified atom stereocenters. The predicted molar refractivity (Wildman–Crippen MR) is 74.1 cm³/mol. The standard InChI is InChI=1S/C12H12BrClN2O2/c1-18-10-3-2-7(6-8(10)14)12-15-9(4-5-17)11(13)16-12/h2-3,6,17H,4-5H2,1H3,(H,15,16). The third-order valence-electron chi connectivity index (χ3n) is 2.52. The number of aliphatic hydroxyl groups is 1. The van der Waals surface area contributed by atoms with Gasteiger partial charge in [-0.15, -0.1) is 0 Å². The second-order valence-corrected chi connectivity index (χ2v) is 4.84. The number of H-pyrrole nitrogens is 1. The Kier molecular flexibility index (Phi) is 4.27. The number of aromatic nitrogens is 2. The van der Waals surface area contributed by atoms with E-state index < -0.39 is 0 Å². The van der Waals surface area contributed by atoms with Gasteiger partial charge in [0.1, 0.15) is 16.2 Å². The van der Waals surface area contributed by atoms with Crippen molar-refractivity contribution in [1.82, 2.24) is 9.97 Å². The fraction of sp³-hybridized carbons (Fsp3) is 0.250. The first kappa shape index (κ1) is 13.4. The molecule has 4 nitrogen and oxygen atoms in total. The van der Waals surface area contributed by atoms with Crippen molar-refractivity contribution in [3.63, 3.8) is 0 Å². The molecule has 96 valence electrons. The van der Waals surface area contributed by atoms with Crippen LogP contribution in [0.1, 0.15) is 5.69 Å². The summed E-state index contributed by atoms with van der Waals surface area (Å²) >= 11 is 9.42. The van der Waals surface area contributed by atoms with E-state index in [-0.39, 0.29) is 6.61 Å². The Morgan fingerprint density at radius 3 is 2.89 bits per heavy atom. The van der Waals surface area contributed by atoms with Crippen LogP contribution in [0, 0.1) is 0 Å². The maximum Gasteiger partial charge on any atom is 0.138 e. The van der Waals surface area contributed by atoms with Gasteiger partial charge in [0.25, 0.3) is 0 Å². The monoisotopic (exact) mass is 330 g/mol. The maximum atomic E-state index is 8.93. The van der Waals surface area contributed by atoms with Gasteiger partial charge in [-0.2, -0.15) is 0 Å². The fourth-order valence-electron chi connectivity index (χ4n) is 1.62. The number of aliphatic hydroxyl groups excluding tert-OH is 1. The highest BCUT2D eigenvalue weighted by atomic mass is 79.9. The zero-order valence-electron chi connectivity index (χ0n) is 9.70. The maximum absolute atomic E-state index is 8.93. The molecule has 0 spiro atoms. The quantitative estimate of drug-likeness (QED) is 0.905. The van der Waals surface area contributed by atoms with E-state index in [1.54, 1.807) is 19.2 Å². The van der Waals surface area contributed by atoms with Gasteiger partial charge in [0.2, 0.25) is 0 Å². The molecule has 0 aliphatic heterocycles. The first-order chi connectivity index (χ1) is 8.65. The Bertz CT molecular complexity index is 557. The van der Waals surface area contributed by atoms with Crippen LogP contribution in [0.4, 0.5) is 0 Å². The molecule has 0 aliphatic carbocycles. The van der Waals surface area contributed by atoms with Crippen LogP contribution >= 0.6 is 27.5 Å². The molecule has 2 N–H and O–H groups in total. The normalized spacial score (nSPS) is 10.7. The number of ether oxygens (including phenoxy) is 1. The van der Waals surface area contributed by atoms with E-state index in [4.69, 9.17) is 21.4 Å². The number of imidazole rings is 1. The van der Waals surface area contributed by atoms with E-state index >= 15 is 0 Å². The molecule has 0 bridgehead atoms. The minimum absolute atomic E-state index is 0.0730. The summed E-state index contributed by atoms with van der Waals surface area (Å²) in [5.74, 6) is 1.33. The Morgan fingerprint density at radius 2 is 2.28 bits per heavy atom. The minimum atomic E-state index is 0.0730. The lowest BCUT2D eigenvalue weighted by molar-refractivity contribution is 0.298. The first-order valence-corrected chi connectivity index (χ1v) is 6.52. The summed E-state index contributed by atoms with van der Waals surface area (Å²) in [5.41, 5.74) is 1.73. The molecule has 2 aromatic rings. The Labute approximate surface area is 118 Å². The molecule has 6 heteroatoms. The largest absolute Gasteiger partial charge is 0.495 e. The summed E-state index contributed by atoms with van der Waals surface area (Å²) in [6, 6.07) is 5.45. The van der Waals surface area contributed by atoms with E-state index in [1.165, 1.54) is 0 Å². The number of nitrogens with zero attached hydrogens (tertiary/aromatic N) is 1. The molecule has 1 aromatic carbocycles.